The Morgan fingerprint density at radius 1 is 1.29 bits per heavy atom. The lowest BCUT2D eigenvalue weighted by Gasteiger charge is -2.07. The SMILES string of the molecule is O=c1[nH]c(Cn2c(=S)[nH]c3cc(C(F)(F)F)ccc32)cs1. The summed E-state index contributed by atoms with van der Waals surface area (Å²) in [6, 6.07) is 3.41. The average Bonchev–Trinajstić information content (AvgIpc) is 2.93. The van der Waals surface area contributed by atoms with Gasteiger partial charge < -0.3 is 14.5 Å². The van der Waals surface area contributed by atoms with E-state index in [9.17, 15) is 18.0 Å². The predicted octanol–water partition coefficient (Wildman–Crippen LogP) is 3.52. The fourth-order valence-electron chi connectivity index (χ4n) is 2.06. The van der Waals surface area contributed by atoms with E-state index >= 15 is 0 Å². The summed E-state index contributed by atoms with van der Waals surface area (Å²) < 4.78 is 40.0. The summed E-state index contributed by atoms with van der Waals surface area (Å²) in [5.74, 6) is 0. The van der Waals surface area contributed by atoms with Gasteiger partial charge in [0, 0.05) is 11.1 Å². The van der Waals surface area contributed by atoms with Crippen LogP contribution in [0.3, 0.4) is 0 Å². The van der Waals surface area contributed by atoms with Crippen molar-refractivity contribution >= 4 is 34.6 Å². The van der Waals surface area contributed by atoms with Gasteiger partial charge in [-0.05, 0) is 30.4 Å². The zero-order valence-corrected chi connectivity index (χ0v) is 12.0. The number of H-pyrrole nitrogens is 2. The molecule has 1 aromatic carbocycles. The molecule has 0 aliphatic carbocycles. The summed E-state index contributed by atoms with van der Waals surface area (Å²) in [6.45, 7) is 0.295. The molecule has 0 unspecified atom stereocenters. The second kappa shape index (κ2) is 4.85. The summed E-state index contributed by atoms with van der Waals surface area (Å²) >= 11 is 6.16. The molecule has 2 heterocycles. The minimum atomic E-state index is -4.40. The van der Waals surface area contributed by atoms with Crippen molar-refractivity contribution in [2.75, 3.05) is 0 Å². The van der Waals surface area contributed by atoms with E-state index in [1.165, 1.54) is 6.07 Å². The maximum Gasteiger partial charge on any atom is 0.416 e. The number of fused-ring (bicyclic) bond motifs is 1. The number of nitrogens with one attached hydrogen (secondary N) is 2. The van der Waals surface area contributed by atoms with Gasteiger partial charge in [0.05, 0.1) is 23.1 Å². The minimum Gasteiger partial charge on any atom is -0.331 e. The van der Waals surface area contributed by atoms with Crippen LogP contribution in [0.4, 0.5) is 13.2 Å². The van der Waals surface area contributed by atoms with Crippen LogP contribution in [0.2, 0.25) is 0 Å². The Labute approximate surface area is 124 Å². The number of thiazole rings is 1. The van der Waals surface area contributed by atoms with Crippen LogP contribution in [0, 0.1) is 4.77 Å². The maximum absolute atomic E-state index is 12.7. The number of alkyl halides is 3. The van der Waals surface area contributed by atoms with Gasteiger partial charge in [0.25, 0.3) is 0 Å². The predicted molar refractivity (Wildman–Crippen MR) is 76.2 cm³/mol. The first-order valence-electron chi connectivity index (χ1n) is 5.81. The normalized spacial score (nSPS) is 12.1. The molecule has 2 N–H and O–H groups in total. The van der Waals surface area contributed by atoms with Crippen molar-refractivity contribution in [1.29, 1.82) is 0 Å². The van der Waals surface area contributed by atoms with Crippen LogP contribution in [0.15, 0.2) is 28.4 Å². The zero-order chi connectivity index (χ0) is 15.2. The number of aromatic nitrogens is 3. The first-order valence-corrected chi connectivity index (χ1v) is 7.10. The van der Waals surface area contributed by atoms with E-state index < -0.39 is 11.7 Å². The third kappa shape index (κ3) is 2.66. The smallest absolute Gasteiger partial charge is 0.331 e. The number of rotatable bonds is 2. The molecule has 110 valence electrons. The van der Waals surface area contributed by atoms with Crippen LogP contribution in [0.1, 0.15) is 11.3 Å². The number of halogens is 3. The first-order chi connectivity index (χ1) is 9.84. The quantitative estimate of drug-likeness (QED) is 0.706. The number of hydrogen-bond donors (Lipinski definition) is 2. The van der Waals surface area contributed by atoms with Gasteiger partial charge in [0.1, 0.15) is 0 Å². The van der Waals surface area contributed by atoms with E-state index in [1.54, 1.807) is 9.95 Å². The topological polar surface area (TPSA) is 53.6 Å². The van der Waals surface area contributed by atoms with Crippen LogP contribution in [-0.2, 0) is 12.7 Å². The molecule has 0 aliphatic heterocycles. The van der Waals surface area contributed by atoms with Crippen molar-refractivity contribution < 1.29 is 13.2 Å². The first kappa shape index (κ1) is 14.1. The van der Waals surface area contributed by atoms with Gasteiger partial charge in [-0.25, -0.2) is 0 Å². The van der Waals surface area contributed by atoms with Gasteiger partial charge in [-0.15, -0.1) is 0 Å². The molecular weight excluding hydrogens is 323 g/mol. The highest BCUT2D eigenvalue weighted by Crippen LogP contribution is 2.31. The summed E-state index contributed by atoms with van der Waals surface area (Å²) in [7, 11) is 0. The number of aromatic amines is 2. The standard InChI is InChI=1S/C12H8F3N3OS2/c13-12(14,15)6-1-2-9-8(3-6)17-10(20)18(9)4-7-5-21-11(19)16-7/h1-3,5H,4H2,(H,16,19)(H,17,20). The maximum atomic E-state index is 12.7. The average molecular weight is 331 g/mol. The Morgan fingerprint density at radius 3 is 2.67 bits per heavy atom. The number of benzene rings is 1. The van der Waals surface area contributed by atoms with Crippen LogP contribution in [0.5, 0.6) is 0 Å². The largest absolute Gasteiger partial charge is 0.416 e. The van der Waals surface area contributed by atoms with Gasteiger partial charge in [-0.2, -0.15) is 13.2 Å². The van der Waals surface area contributed by atoms with Crippen LogP contribution in [0.25, 0.3) is 11.0 Å². The molecule has 2 aromatic heterocycles. The van der Waals surface area contributed by atoms with Gasteiger partial charge in [0.15, 0.2) is 4.77 Å². The molecule has 0 radical (unpaired) electrons. The molecule has 0 saturated carbocycles. The molecule has 0 aliphatic rings. The van der Waals surface area contributed by atoms with Gasteiger partial charge in [-0.3, -0.25) is 4.79 Å². The molecular formula is C12H8F3N3OS2. The summed E-state index contributed by atoms with van der Waals surface area (Å²) in [5.41, 5.74) is 0.789. The number of hydrogen-bond acceptors (Lipinski definition) is 3. The number of nitrogens with zero attached hydrogens (tertiary/aromatic N) is 1. The second-order valence-corrected chi connectivity index (χ2v) is 5.65. The summed E-state index contributed by atoms with van der Waals surface area (Å²) in [4.78, 5) is 16.3. The highest BCUT2D eigenvalue weighted by molar-refractivity contribution is 7.71. The highest BCUT2D eigenvalue weighted by atomic mass is 32.1. The molecule has 0 spiro atoms. The van der Waals surface area contributed by atoms with Crippen molar-refractivity contribution in [2.45, 2.75) is 12.7 Å². The van der Waals surface area contributed by atoms with E-state index in [0.29, 0.717) is 28.0 Å². The Bertz CT molecular complexity index is 916. The highest BCUT2D eigenvalue weighted by Gasteiger charge is 2.30. The summed E-state index contributed by atoms with van der Waals surface area (Å²) in [6.07, 6.45) is -4.40. The van der Waals surface area contributed by atoms with Crippen molar-refractivity contribution in [3.63, 3.8) is 0 Å². The van der Waals surface area contributed by atoms with Crippen molar-refractivity contribution in [3.05, 3.63) is 49.3 Å². The van der Waals surface area contributed by atoms with E-state index in [4.69, 9.17) is 12.2 Å². The molecule has 4 nitrogen and oxygen atoms in total. The van der Waals surface area contributed by atoms with Gasteiger partial charge in [0.2, 0.25) is 0 Å². The Kier molecular flexibility index (Phi) is 3.25. The third-order valence-electron chi connectivity index (χ3n) is 3.00. The lowest BCUT2D eigenvalue weighted by Crippen LogP contribution is -2.05. The van der Waals surface area contributed by atoms with Gasteiger partial charge >= 0.3 is 11.0 Å². The zero-order valence-electron chi connectivity index (χ0n) is 10.3. The Hall–Kier alpha value is -1.87. The van der Waals surface area contributed by atoms with E-state index in [1.807, 2.05) is 0 Å². The van der Waals surface area contributed by atoms with Crippen molar-refractivity contribution in [2.24, 2.45) is 0 Å². The third-order valence-corrected chi connectivity index (χ3v) is 4.04. The lowest BCUT2D eigenvalue weighted by molar-refractivity contribution is -0.137. The lowest BCUT2D eigenvalue weighted by atomic mass is 10.2. The van der Waals surface area contributed by atoms with Gasteiger partial charge in [-0.1, -0.05) is 11.3 Å². The van der Waals surface area contributed by atoms with E-state index in [-0.39, 0.29) is 4.87 Å². The molecule has 9 heteroatoms. The Morgan fingerprint density at radius 2 is 2.05 bits per heavy atom. The van der Waals surface area contributed by atoms with Crippen LogP contribution < -0.4 is 4.87 Å². The Balaban J connectivity index is 2.09. The van der Waals surface area contributed by atoms with E-state index in [0.717, 1.165) is 23.5 Å². The summed E-state index contributed by atoms with van der Waals surface area (Å²) in [5, 5.41) is 1.66. The molecule has 0 atom stereocenters. The minimum absolute atomic E-state index is 0.185. The fraction of sp³-hybridized carbons (Fsp3) is 0.167. The van der Waals surface area contributed by atoms with Crippen molar-refractivity contribution in [3.8, 4) is 0 Å². The monoisotopic (exact) mass is 331 g/mol. The molecule has 0 fully saturated rings. The fourth-order valence-corrected chi connectivity index (χ4v) is 2.90. The molecule has 3 aromatic rings. The van der Waals surface area contributed by atoms with Crippen LogP contribution in [-0.4, -0.2) is 14.5 Å². The van der Waals surface area contributed by atoms with Crippen molar-refractivity contribution in [1.82, 2.24) is 14.5 Å². The second-order valence-electron chi connectivity index (χ2n) is 4.42. The van der Waals surface area contributed by atoms with E-state index in [2.05, 4.69) is 9.97 Å². The molecule has 0 saturated heterocycles. The van der Waals surface area contributed by atoms with Crippen LogP contribution >= 0.6 is 23.6 Å². The molecule has 0 amide bonds. The molecule has 0 bridgehead atoms. The number of imidazole rings is 1. The molecule has 3 rings (SSSR count). The molecule has 21 heavy (non-hydrogen) atoms.